The molecule has 1 aromatic rings. The van der Waals surface area contributed by atoms with E-state index in [-0.39, 0.29) is 35.6 Å². The zero-order chi connectivity index (χ0) is 26.1. The van der Waals surface area contributed by atoms with E-state index in [1.165, 1.54) is 0 Å². The number of ether oxygens (including phenoxy) is 1. The number of amides is 2. The Bertz CT molecular complexity index is 1020. The maximum absolute atomic E-state index is 14.4. The molecule has 0 aromatic heterocycles. The van der Waals surface area contributed by atoms with Crippen LogP contribution in [-0.2, 0) is 14.3 Å². The molecule has 3 aliphatic heterocycles. The number of nitrogens with two attached hydrogens (primary N) is 1. The number of Topliss-reactive ketones (excluding diaryl/α,β-unsaturated/α-hetero) is 1. The van der Waals surface area contributed by atoms with Crippen LogP contribution in [0.5, 0.6) is 0 Å². The maximum Gasteiger partial charge on any atom is 0.249 e. The number of hydrogen-bond donors (Lipinski definition) is 1. The van der Waals surface area contributed by atoms with E-state index in [0.717, 1.165) is 76.1 Å². The molecule has 4 aliphatic rings. The number of anilines is 1. The van der Waals surface area contributed by atoms with E-state index in [1.54, 1.807) is 16.7 Å². The molecule has 9 heteroatoms. The van der Waals surface area contributed by atoms with Gasteiger partial charge in [0.25, 0.3) is 0 Å². The van der Waals surface area contributed by atoms with Crippen LogP contribution in [0.2, 0.25) is 0 Å². The Morgan fingerprint density at radius 3 is 2.54 bits per heavy atom. The lowest BCUT2D eigenvalue weighted by Gasteiger charge is -2.37. The van der Waals surface area contributed by atoms with E-state index in [1.807, 2.05) is 24.5 Å². The van der Waals surface area contributed by atoms with Crippen molar-refractivity contribution in [2.45, 2.75) is 62.3 Å². The summed E-state index contributed by atoms with van der Waals surface area (Å²) in [6, 6.07) is 5.30. The van der Waals surface area contributed by atoms with Gasteiger partial charge in [0.1, 0.15) is 12.6 Å². The van der Waals surface area contributed by atoms with Crippen molar-refractivity contribution < 1.29 is 19.1 Å². The van der Waals surface area contributed by atoms with Gasteiger partial charge < -0.3 is 20.3 Å². The van der Waals surface area contributed by atoms with Crippen LogP contribution >= 0.6 is 11.8 Å². The molecule has 202 valence electrons. The number of benzene rings is 1. The van der Waals surface area contributed by atoms with Crippen LogP contribution in [0.3, 0.4) is 0 Å². The van der Waals surface area contributed by atoms with Crippen LogP contribution in [0, 0.1) is 5.92 Å². The average Bonchev–Trinajstić information content (AvgIpc) is 3.64. The van der Waals surface area contributed by atoms with Gasteiger partial charge in [-0.1, -0.05) is 19.8 Å². The van der Waals surface area contributed by atoms with Crippen LogP contribution in [0.25, 0.3) is 0 Å². The van der Waals surface area contributed by atoms with Crippen molar-refractivity contribution in [2.75, 3.05) is 57.0 Å². The fourth-order valence-corrected chi connectivity index (χ4v) is 7.68. The van der Waals surface area contributed by atoms with Gasteiger partial charge in [0, 0.05) is 44.0 Å². The number of carbonyl (C=O) groups is 3. The minimum Gasteiger partial charge on any atom is -0.369 e. The van der Waals surface area contributed by atoms with Crippen molar-refractivity contribution in [2.24, 2.45) is 11.7 Å². The molecule has 4 fully saturated rings. The zero-order valence-corrected chi connectivity index (χ0v) is 22.9. The molecule has 37 heavy (non-hydrogen) atoms. The lowest BCUT2D eigenvalue weighted by Crippen LogP contribution is -2.47. The summed E-state index contributed by atoms with van der Waals surface area (Å²) in [6.07, 6.45) is 6.91. The Morgan fingerprint density at radius 1 is 1.16 bits per heavy atom. The number of likely N-dealkylation sites (tertiary alicyclic amines) is 1. The maximum atomic E-state index is 14.4. The smallest absolute Gasteiger partial charge is 0.249 e. The standard InChI is InChI=1S/C28H40N4O4S/c1-3-10-30-11-13-31(14-12-30)19-8-9-20(27(29)34)21(15-19)24(18-6-4-5-7-18)28(35)32-16-23(37-2)26-25(32)22(33)17-36-26/h8-9,15,18,23-26H,3-7,10-14,16-17H2,1-2H3,(H2,29,34)/t23-,24-,25+,26+/m0/s1. The number of primary amides is 1. The highest BCUT2D eigenvalue weighted by atomic mass is 32.2. The van der Waals surface area contributed by atoms with Crippen molar-refractivity contribution in [1.29, 1.82) is 0 Å². The topological polar surface area (TPSA) is 96.2 Å². The molecule has 0 spiro atoms. The molecule has 1 aromatic carbocycles. The number of ketones is 1. The largest absolute Gasteiger partial charge is 0.369 e. The molecular formula is C28H40N4O4S. The highest BCUT2D eigenvalue weighted by Crippen LogP contribution is 2.43. The van der Waals surface area contributed by atoms with Gasteiger partial charge in [0.05, 0.1) is 17.3 Å². The Kier molecular flexibility index (Phi) is 8.12. The predicted molar refractivity (Wildman–Crippen MR) is 146 cm³/mol. The highest BCUT2D eigenvalue weighted by Gasteiger charge is 2.53. The second kappa shape index (κ2) is 11.3. The van der Waals surface area contributed by atoms with Crippen LogP contribution in [-0.4, -0.2) is 96.9 Å². The van der Waals surface area contributed by atoms with Gasteiger partial charge in [-0.3, -0.25) is 19.3 Å². The van der Waals surface area contributed by atoms with Crippen molar-refractivity contribution in [3.63, 3.8) is 0 Å². The number of thioether (sulfide) groups is 1. The Hall–Kier alpha value is -2.10. The molecule has 3 heterocycles. The number of hydrogen-bond acceptors (Lipinski definition) is 7. The molecule has 8 nitrogen and oxygen atoms in total. The van der Waals surface area contributed by atoms with Crippen molar-refractivity contribution in [3.05, 3.63) is 29.3 Å². The molecule has 1 aliphatic carbocycles. The third-order valence-electron chi connectivity index (χ3n) is 8.77. The first kappa shape index (κ1) is 26.5. The second-order valence-corrected chi connectivity index (χ2v) is 12.0. The summed E-state index contributed by atoms with van der Waals surface area (Å²) in [5, 5.41) is 0.0750. The summed E-state index contributed by atoms with van der Waals surface area (Å²) in [5.74, 6) is -0.933. The lowest BCUT2D eigenvalue weighted by molar-refractivity contribution is -0.138. The van der Waals surface area contributed by atoms with Gasteiger partial charge in [0.15, 0.2) is 5.78 Å². The Morgan fingerprint density at radius 2 is 1.89 bits per heavy atom. The summed E-state index contributed by atoms with van der Waals surface area (Å²) in [7, 11) is 0. The van der Waals surface area contributed by atoms with E-state index in [4.69, 9.17) is 10.5 Å². The predicted octanol–water partition coefficient (Wildman–Crippen LogP) is 2.50. The van der Waals surface area contributed by atoms with Gasteiger partial charge in [0.2, 0.25) is 11.8 Å². The van der Waals surface area contributed by atoms with E-state index in [2.05, 4.69) is 16.7 Å². The van der Waals surface area contributed by atoms with Crippen molar-refractivity contribution in [3.8, 4) is 0 Å². The van der Waals surface area contributed by atoms with Gasteiger partial charge in [-0.25, -0.2) is 0 Å². The van der Waals surface area contributed by atoms with Crippen LogP contribution in [0.4, 0.5) is 5.69 Å². The number of piperazine rings is 1. The minimum absolute atomic E-state index is 0.0195. The molecule has 4 atom stereocenters. The summed E-state index contributed by atoms with van der Waals surface area (Å²) in [4.78, 5) is 46.4. The normalized spacial score (nSPS) is 27.6. The van der Waals surface area contributed by atoms with E-state index < -0.39 is 17.9 Å². The average molecular weight is 529 g/mol. The van der Waals surface area contributed by atoms with E-state index >= 15 is 0 Å². The quantitative estimate of drug-likeness (QED) is 0.554. The molecule has 5 rings (SSSR count). The second-order valence-electron chi connectivity index (χ2n) is 10.9. The first-order valence-corrected chi connectivity index (χ1v) is 15.1. The van der Waals surface area contributed by atoms with E-state index in [0.29, 0.717) is 12.1 Å². The molecule has 0 bridgehead atoms. The molecule has 3 saturated heterocycles. The summed E-state index contributed by atoms with van der Waals surface area (Å²) >= 11 is 1.65. The third kappa shape index (κ3) is 5.14. The van der Waals surface area contributed by atoms with E-state index in [9.17, 15) is 14.4 Å². The number of fused-ring (bicyclic) bond motifs is 1. The number of rotatable bonds is 8. The highest BCUT2D eigenvalue weighted by molar-refractivity contribution is 7.99. The molecule has 2 N–H and O–H groups in total. The van der Waals surface area contributed by atoms with Crippen LogP contribution in [0.1, 0.15) is 60.9 Å². The third-order valence-corrected chi connectivity index (χ3v) is 9.80. The number of carbonyl (C=O) groups excluding carboxylic acids is 3. The molecule has 0 radical (unpaired) electrons. The molecule has 2 amide bonds. The van der Waals surface area contributed by atoms with Crippen LogP contribution in [0.15, 0.2) is 18.2 Å². The monoisotopic (exact) mass is 528 g/mol. The summed E-state index contributed by atoms with van der Waals surface area (Å²) in [5.41, 5.74) is 8.06. The molecule has 0 unspecified atom stereocenters. The summed E-state index contributed by atoms with van der Waals surface area (Å²) < 4.78 is 5.82. The summed E-state index contributed by atoms with van der Waals surface area (Å²) in [6.45, 7) is 7.70. The number of nitrogens with zero attached hydrogens (tertiary/aromatic N) is 3. The SMILES string of the molecule is CCCN1CCN(c2ccc(C(N)=O)c([C@@H](C(=O)N3C[C@H](SC)[C@H]4OCC(=O)[C@H]43)C3CCCC3)c2)CC1. The van der Waals surface area contributed by atoms with Gasteiger partial charge in [-0.2, -0.15) is 11.8 Å². The van der Waals surface area contributed by atoms with Gasteiger partial charge in [-0.15, -0.1) is 0 Å². The first-order chi connectivity index (χ1) is 17.9. The first-order valence-electron chi connectivity index (χ1n) is 13.8. The van der Waals surface area contributed by atoms with Crippen molar-refractivity contribution >= 4 is 35.0 Å². The Labute approximate surface area is 224 Å². The zero-order valence-electron chi connectivity index (χ0n) is 22.1. The minimum atomic E-state index is -0.527. The van der Waals surface area contributed by atoms with Crippen molar-refractivity contribution in [1.82, 2.24) is 9.80 Å². The fraction of sp³-hybridized carbons (Fsp3) is 0.679. The Balaban J connectivity index is 1.49. The fourth-order valence-electron chi connectivity index (χ4n) is 6.88. The lowest BCUT2D eigenvalue weighted by atomic mass is 9.80. The molecule has 1 saturated carbocycles. The molecular weight excluding hydrogens is 488 g/mol. The van der Waals surface area contributed by atoms with Gasteiger partial charge in [-0.05, 0) is 61.7 Å². The van der Waals surface area contributed by atoms with Gasteiger partial charge >= 0.3 is 0 Å². The van der Waals surface area contributed by atoms with Crippen LogP contribution < -0.4 is 10.6 Å².